The first-order valence-corrected chi connectivity index (χ1v) is 8.20. The fourth-order valence-electron chi connectivity index (χ4n) is 1.66. The summed E-state index contributed by atoms with van der Waals surface area (Å²) in [6.45, 7) is 0.893. The summed E-state index contributed by atoms with van der Waals surface area (Å²) in [6, 6.07) is 5.57. The minimum atomic E-state index is -2.94. The summed E-state index contributed by atoms with van der Waals surface area (Å²) in [4.78, 5) is 0. The van der Waals surface area contributed by atoms with Crippen molar-refractivity contribution >= 4 is 9.84 Å². The molecule has 0 fully saturated rings. The van der Waals surface area contributed by atoms with Gasteiger partial charge in [0.15, 0.2) is 0 Å². The van der Waals surface area contributed by atoms with Crippen LogP contribution < -0.4 is 15.2 Å². The van der Waals surface area contributed by atoms with Crippen molar-refractivity contribution in [1.29, 1.82) is 0 Å². The SMILES string of the molecule is COc1ccc(CCN)c(OCCCS(C)(=O)=O)c1. The van der Waals surface area contributed by atoms with Gasteiger partial charge in [0.05, 0.1) is 19.5 Å². The fraction of sp³-hybridized carbons (Fsp3) is 0.538. The van der Waals surface area contributed by atoms with Gasteiger partial charge in [-0.15, -0.1) is 0 Å². The number of ether oxygens (including phenoxy) is 2. The van der Waals surface area contributed by atoms with Crippen LogP contribution in [0, 0.1) is 0 Å². The Bertz CT molecular complexity index is 499. The standard InChI is InChI=1S/C13H21NO4S/c1-17-12-5-4-11(6-7-14)13(10-12)18-8-3-9-19(2,15)16/h4-5,10H,3,6-9,14H2,1-2H3. The number of hydrogen-bond acceptors (Lipinski definition) is 5. The lowest BCUT2D eigenvalue weighted by atomic mass is 10.1. The Balaban J connectivity index is 2.64. The molecule has 0 spiro atoms. The van der Waals surface area contributed by atoms with Crippen molar-refractivity contribution in [1.82, 2.24) is 0 Å². The molecule has 0 aromatic heterocycles. The van der Waals surface area contributed by atoms with Crippen molar-refractivity contribution in [2.75, 3.05) is 32.3 Å². The van der Waals surface area contributed by atoms with E-state index in [9.17, 15) is 8.42 Å². The summed E-state index contributed by atoms with van der Waals surface area (Å²) < 4.78 is 32.8. The van der Waals surface area contributed by atoms with Crippen LogP contribution in [0.25, 0.3) is 0 Å². The zero-order valence-corrected chi connectivity index (χ0v) is 12.2. The van der Waals surface area contributed by atoms with Gasteiger partial charge in [0, 0.05) is 12.3 Å². The summed E-state index contributed by atoms with van der Waals surface area (Å²) in [5, 5.41) is 0. The maximum atomic E-state index is 11.0. The highest BCUT2D eigenvalue weighted by Gasteiger charge is 2.07. The molecular weight excluding hydrogens is 266 g/mol. The number of nitrogens with two attached hydrogens (primary N) is 1. The second kappa shape index (κ2) is 7.35. The lowest BCUT2D eigenvalue weighted by Gasteiger charge is -2.12. The van der Waals surface area contributed by atoms with E-state index in [4.69, 9.17) is 15.2 Å². The third kappa shape index (κ3) is 5.94. The van der Waals surface area contributed by atoms with Gasteiger partial charge in [-0.1, -0.05) is 6.07 Å². The van der Waals surface area contributed by atoms with Crippen LogP contribution >= 0.6 is 0 Å². The molecule has 0 saturated carbocycles. The molecule has 0 bridgehead atoms. The largest absolute Gasteiger partial charge is 0.497 e. The second-order valence-electron chi connectivity index (χ2n) is 4.34. The molecular formula is C13H21NO4S. The summed E-state index contributed by atoms with van der Waals surface area (Å²) in [7, 11) is -1.35. The molecule has 0 aliphatic rings. The topological polar surface area (TPSA) is 78.6 Å². The number of rotatable bonds is 8. The van der Waals surface area contributed by atoms with E-state index in [1.807, 2.05) is 12.1 Å². The quantitative estimate of drug-likeness (QED) is 0.722. The van der Waals surface area contributed by atoms with Crippen LogP contribution in [0.1, 0.15) is 12.0 Å². The van der Waals surface area contributed by atoms with E-state index in [1.54, 1.807) is 13.2 Å². The number of benzene rings is 1. The molecule has 19 heavy (non-hydrogen) atoms. The Hall–Kier alpha value is -1.27. The van der Waals surface area contributed by atoms with E-state index in [2.05, 4.69) is 0 Å². The summed E-state index contributed by atoms with van der Waals surface area (Å²) in [5.74, 6) is 1.54. The smallest absolute Gasteiger partial charge is 0.147 e. The molecule has 1 aromatic rings. The van der Waals surface area contributed by atoms with Crippen LogP contribution in [-0.2, 0) is 16.3 Å². The summed E-state index contributed by atoms with van der Waals surface area (Å²) in [6.07, 6.45) is 2.40. The predicted molar refractivity (Wildman–Crippen MR) is 75.6 cm³/mol. The molecule has 0 radical (unpaired) electrons. The van der Waals surface area contributed by atoms with Gasteiger partial charge >= 0.3 is 0 Å². The highest BCUT2D eigenvalue weighted by molar-refractivity contribution is 7.90. The van der Waals surface area contributed by atoms with Gasteiger partial charge in [-0.25, -0.2) is 8.42 Å². The Morgan fingerprint density at radius 2 is 2.05 bits per heavy atom. The van der Waals surface area contributed by atoms with Crippen LogP contribution in [0.15, 0.2) is 18.2 Å². The molecule has 0 atom stereocenters. The number of hydrogen-bond donors (Lipinski definition) is 1. The highest BCUT2D eigenvalue weighted by Crippen LogP contribution is 2.25. The van der Waals surface area contributed by atoms with E-state index in [0.717, 1.165) is 5.56 Å². The highest BCUT2D eigenvalue weighted by atomic mass is 32.2. The lowest BCUT2D eigenvalue weighted by Crippen LogP contribution is -2.10. The van der Waals surface area contributed by atoms with Gasteiger partial charge in [-0.2, -0.15) is 0 Å². The molecule has 1 aromatic carbocycles. The Kier molecular flexibility index (Phi) is 6.11. The third-order valence-electron chi connectivity index (χ3n) is 2.61. The van der Waals surface area contributed by atoms with Crippen LogP contribution in [0.5, 0.6) is 11.5 Å². The van der Waals surface area contributed by atoms with Gasteiger partial charge in [0.25, 0.3) is 0 Å². The van der Waals surface area contributed by atoms with E-state index >= 15 is 0 Å². The maximum Gasteiger partial charge on any atom is 0.147 e. The van der Waals surface area contributed by atoms with Crippen LogP contribution in [0.3, 0.4) is 0 Å². The lowest BCUT2D eigenvalue weighted by molar-refractivity contribution is 0.311. The molecule has 0 saturated heterocycles. The molecule has 5 nitrogen and oxygen atoms in total. The molecule has 0 aliphatic heterocycles. The van der Waals surface area contributed by atoms with Crippen molar-refractivity contribution in [2.24, 2.45) is 5.73 Å². The van der Waals surface area contributed by atoms with E-state index in [1.165, 1.54) is 6.26 Å². The van der Waals surface area contributed by atoms with Gasteiger partial charge in [-0.05, 0) is 31.0 Å². The van der Waals surface area contributed by atoms with E-state index in [0.29, 0.717) is 37.5 Å². The third-order valence-corrected chi connectivity index (χ3v) is 3.64. The Labute approximate surface area is 114 Å². The summed E-state index contributed by atoms with van der Waals surface area (Å²) in [5.41, 5.74) is 6.55. The molecule has 0 aliphatic carbocycles. The van der Waals surface area contributed by atoms with E-state index in [-0.39, 0.29) is 5.75 Å². The fourth-order valence-corrected chi connectivity index (χ4v) is 2.30. The van der Waals surface area contributed by atoms with Gasteiger partial charge < -0.3 is 15.2 Å². The van der Waals surface area contributed by atoms with Crippen molar-refractivity contribution < 1.29 is 17.9 Å². The average molecular weight is 287 g/mol. The average Bonchev–Trinajstić information content (AvgIpc) is 2.35. The van der Waals surface area contributed by atoms with Crippen LogP contribution in [0.4, 0.5) is 0 Å². The molecule has 0 heterocycles. The second-order valence-corrected chi connectivity index (χ2v) is 6.60. The van der Waals surface area contributed by atoms with Crippen molar-refractivity contribution in [3.63, 3.8) is 0 Å². The first-order valence-electron chi connectivity index (χ1n) is 6.14. The zero-order valence-electron chi connectivity index (χ0n) is 11.4. The van der Waals surface area contributed by atoms with Crippen molar-refractivity contribution in [3.8, 4) is 11.5 Å². The predicted octanol–water partition coefficient (Wildman–Crippen LogP) is 1.01. The van der Waals surface area contributed by atoms with Crippen LogP contribution in [0.2, 0.25) is 0 Å². The number of sulfone groups is 1. The Morgan fingerprint density at radius 1 is 1.32 bits per heavy atom. The molecule has 0 unspecified atom stereocenters. The van der Waals surface area contributed by atoms with Gasteiger partial charge in [-0.3, -0.25) is 0 Å². The van der Waals surface area contributed by atoms with Crippen molar-refractivity contribution in [3.05, 3.63) is 23.8 Å². The molecule has 0 amide bonds. The molecule has 2 N–H and O–H groups in total. The molecule has 6 heteroatoms. The van der Waals surface area contributed by atoms with Crippen LogP contribution in [-0.4, -0.2) is 40.7 Å². The van der Waals surface area contributed by atoms with E-state index < -0.39 is 9.84 Å². The normalized spacial score (nSPS) is 11.3. The minimum absolute atomic E-state index is 0.128. The van der Waals surface area contributed by atoms with Gasteiger partial charge in [0.1, 0.15) is 21.3 Å². The Morgan fingerprint density at radius 3 is 2.63 bits per heavy atom. The summed E-state index contributed by atoms with van der Waals surface area (Å²) >= 11 is 0. The van der Waals surface area contributed by atoms with Gasteiger partial charge in [0.2, 0.25) is 0 Å². The maximum absolute atomic E-state index is 11.0. The first kappa shape index (κ1) is 15.8. The minimum Gasteiger partial charge on any atom is -0.497 e. The zero-order chi connectivity index (χ0) is 14.3. The first-order chi connectivity index (χ1) is 8.96. The molecule has 108 valence electrons. The molecule has 1 rings (SSSR count). The number of methoxy groups -OCH3 is 1. The van der Waals surface area contributed by atoms with Crippen molar-refractivity contribution in [2.45, 2.75) is 12.8 Å². The monoisotopic (exact) mass is 287 g/mol.